The summed E-state index contributed by atoms with van der Waals surface area (Å²) in [5.74, 6) is 1.77. The van der Waals surface area contributed by atoms with E-state index in [1.54, 1.807) is 0 Å². The van der Waals surface area contributed by atoms with E-state index in [0.29, 0.717) is 29.0 Å². The highest BCUT2D eigenvalue weighted by Crippen LogP contribution is 2.44. The monoisotopic (exact) mass is 294 g/mol. The molecule has 0 spiro atoms. The third-order valence-corrected chi connectivity index (χ3v) is 4.76. The van der Waals surface area contributed by atoms with Crippen molar-refractivity contribution in [3.8, 4) is 11.3 Å². The molecule has 1 saturated carbocycles. The van der Waals surface area contributed by atoms with Crippen LogP contribution in [0.1, 0.15) is 18.5 Å². The smallest absolute Gasteiger partial charge is 0.228 e. The lowest BCUT2D eigenvalue weighted by Gasteiger charge is -2.17. The first-order chi connectivity index (χ1) is 10.7. The molecule has 0 radical (unpaired) electrons. The van der Waals surface area contributed by atoms with E-state index >= 15 is 0 Å². The number of nitrogens with zero attached hydrogens (tertiary/aromatic N) is 1. The Bertz CT molecular complexity index is 733. The number of rotatable bonds is 3. The normalized spacial score (nSPS) is 25.6. The Morgan fingerprint density at radius 3 is 2.73 bits per heavy atom. The molecule has 1 aromatic carbocycles. The van der Waals surface area contributed by atoms with Crippen LogP contribution in [0.5, 0.6) is 0 Å². The van der Waals surface area contributed by atoms with Gasteiger partial charge in [-0.2, -0.15) is 0 Å². The lowest BCUT2D eigenvalue weighted by molar-refractivity contribution is -0.120. The van der Waals surface area contributed by atoms with Gasteiger partial charge in [-0.1, -0.05) is 47.6 Å². The maximum absolute atomic E-state index is 12.6. The second kappa shape index (κ2) is 5.13. The molecule has 2 aliphatic rings. The van der Waals surface area contributed by atoms with Gasteiger partial charge in [-0.3, -0.25) is 4.79 Å². The summed E-state index contributed by atoms with van der Waals surface area (Å²) in [7, 11) is 0. The molecule has 112 valence electrons. The minimum atomic E-state index is 0.0768. The number of allylic oxidation sites excluding steroid dienone is 2. The third kappa shape index (κ3) is 2.15. The summed E-state index contributed by atoms with van der Waals surface area (Å²) in [5, 5.41) is 7.07. The molecular weight excluding hydrogens is 276 g/mol. The van der Waals surface area contributed by atoms with E-state index in [2.05, 4.69) is 22.6 Å². The Morgan fingerprint density at radius 1 is 1.23 bits per heavy atom. The molecule has 1 N–H and O–H groups in total. The number of amides is 1. The molecule has 2 aromatic rings. The minimum Gasteiger partial charge on any atom is -0.354 e. The van der Waals surface area contributed by atoms with Gasteiger partial charge in [-0.05, 0) is 31.6 Å². The number of carbonyl (C=O) groups is 1. The summed E-state index contributed by atoms with van der Waals surface area (Å²) >= 11 is 0. The van der Waals surface area contributed by atoms with E-state index in [4.69, 9.17) is 4.52 Å². The van der Waals surface area contributed by atoms with Gasteiger partial charge in [-0.25, -0.2) is 0 Å². The molecule has 4 nitrogen and oxygen atoms in total. The van der Waals surface area contributed by atoms with Crippen LogP contribution in [-0.2, 0) is 4.79 Å². The number of nitrogens with one attached hydrogen (secondary N) is 1. The maximum atomic E-state index is 12.6. The average molecular weight is 294 g/mol. The highest BCUT2D eigenvalue weighted by atomic mass is 16.5. The van der Waals surface area contributed by atoms with Crippen LogP contribution in [0.15, 0.2) is 47.0 Å². The van der Waals surface area contributed by atoms with Crippen LogP contribution in [0.3, 0.4) is 0 Å². The topological polar surface area (TPSA) is 55.1 Å². The zero-order valence-electron chi connectivity index (χ0n) is 12.5. The molecule has 1 fully saturated rings. The van der Waals surface area contributed by atoms with Crippen molar-refractivity contribution >= 4 is 11.6 Å². The number of aromatic nitrogens is 1. The maximum Gasteiger partial charge on any atom is 0.228 e. The Morgan fingerprint density at radius 2 is 2.05 bits per heavy atom. The van der Waals surface area contributed by atoms with E-state index in [-0.39, 0.29) is 11.8 Å². The molecule has 22 heavy (non-hydrogen) atoms. The number of aryl methyl sites for hydroxylation is 1. The van der Waals surface area contributed by atoms with Gasteiger partial charge in [0.15, 0.2) is 5.76 Å². The molecule has 1 heterocycles. The highest BCUT2D eigenvalue weighted by molar-refractivity contribution is 5.97. The van der Waals surface area contributed by atoms with Crippen LogP contribution in [0.25, 0.3) is 11.3 Å². The number of hydrogen-bond acceptors (Lipinski definition) is 3. The number of carbonyl (C=O) groups excluding carboxylic acids is 1. The van der Waals surface area contributed by atoms with Crippen molar-refractivity contribution in [2.45, 2.75) is 19.8 Å². The second-order valence-corrected chi connectivity index (χ2v) is 6.21. The fraction of sp³-hybridized carbons (Fsp3) is 0.333. The van der Waals surface area contributed by atoms with Crippen LogP contribution < -0.4 is 5.32 Å². The number of fused-ring (bicyclic) bond motifs is 2. The molecule has 0 aliphatic heterocycles. The Labute approximate surface area is 129 Å². The van der Waals surface area contributed by atoms with E-state index in [1.165, 1.54) is 0 Å². The molecule has 1 amide bonds. The minimum absolute atomic E-state index is 0.0768. The summed E-state index contributed by atoms with van der Waals surface area (Å²) in [5.41, 5.74) is 2.33. The standard InChI is InChI=1S/C18H18N2O2/c1-11-16(17(22-20-11)13-5-3-2-4-6-13)19-18(21)15-10-12-7-8-14(15)9-12/h2-8,12,14-15H,9-10H2,1H3,(H,19,21). The fourth-order valence-corrected chi connectivity index (χ4v) is 3.60. The predicted molar refractivity (Wildman–Crippen MR) is 84.1 cm³/mol. The van der Waals surface area contributed by atoms with E-state index in [9.17, 15) is 4.79 Å². The Balaban J connectivity index is 1.60. The molecule has 2 bridgehead atoms. The van der Waals surface area contributed by atoms with Crippen molar-refractivity contribution in [2.75, 3.05) is 5.32 Å². The zero-order valence-corrected chi connectivity index (χ0v) is 12.5. The second-order valence-electron chi connectivity index (χ2n) is 6.21. The predicted octanol–water partition coefficient (Wildman–Crippen LogP) is 3.80. The number of hydrogen-bond donors (Lipinski definition) is 1. The largest absolute Gasteiger partial charge is 0.354 e. The molecule has 3 atom stereocenters. The van der Waals surface area contributed by atoms with Gasteiger partial charge in [0.1, 0.15) is 11.4 Å². The summed E-state index contributed by atoms with van der Waals surface area (Å²) in [6.07, 6.45) is 6.51. The first-order valence-electron chi connectivity index (χ1n) is 7.73. The van der Waals surface area contributed by atoms with Crippen molar-refractivity contribution in [3.63, 3.8) is 0 Å². The van der Waals surface area contributed by atoms with E-state index in [0.717, 1.165) is 18.4 Å². The Hall–Kier alpha value is -2.36. The highest BCUT2D eigenvalue weighted by Gasteiger charge is 2.40. The first-order valence-corrected chi connectivity index (χ1v) is 7.73. The summed E-state index contributed by atoms with van der Waals surface area (Å²) < 4.78 is 5.43. The van der Waals surface area contributed by atoms with E-state index in [1.807, 2.05) is 37.3 Å². The van der Waals surface area contributed by atoms with Gasteiger partial charge >= 0.3 is 0 Å². The van der Waals surface area contributed by atoms with Gasteiger partial charge < -0.3 is 9.84 Å². The van der Waals surface area contributed by atoms with Crippen LogP contribution in [0, 0.1) is 24.7 Å². The van der Waals surface area contributed by atoms with Gasteiger partial charge in [-0.15, -0.1) is 0 Å². The van der Waals surface area contributed by atoms with Gasteiger partial charge in [0.05, 0.1) is 0 Å². The molecule has 1 aromatic heterocycles. The molecular formula is C18H18N2O2. The van der Waals surface area contributed by atoms with Gasteiger partial charge in [0, 0.05) is 11.5 Å². The van der Waals surface area contributed by atoms with Crippen LogP contribution in [0.2, 0.25) is 0 Å². The van der Waals surface area contributed by atoms with Crippen molar-refractivity contribution in [1.29, 1.82) is 0 Å². The SMILES string of the molecule is Cc1noc(-c2ccccc2)c1NC(=O)C1CC2C=CC1C2. The van der Waals surface area contributed by atoms with Crippen LogP contribution >= 0.6 is 0 Å². The first kappa shape index (κ1) is 13.3. The number of benzene rings is 1. The fourth-order valence-electron chi connectivity index (χ4n) is 3.60. The quantitative estimate of drug-likeness (QED) is 0.876. The average Bonchev–Trinajstić information content (AvgIpc) is 3.25. The van der Waals surface area contributed by atoms with Crippen LogP contribution in [-0.4, -0.2) is 11.1 Å². The lowest BCUT2D eigenvalue weighted by Crippen LogP contribution is -2.26. The van der Waals surface area contributed by atoms with Crippen LogP contribution in [0.4, 0.5) is 5.69 Å². The summed E-state index contributed by atoms with van der Waals surface area (Å²) in [4.78, 5) is 12.6. The van der Waals surface area contributed by atoms with E-state index < -0.39 is 0 Å². The molecule has 3 unspecified atom stereocenters. The number of anilines is 1. The summed E-state index contributed by atoms with van der Waals surface area (Å²) in [6, 6.07) is 9.75. The third-order valence-electron chi connectivity index (χ3n) is 4.76. The Kier molecular flexibility index (Phi) is 3.10. The van der Waals surface area contributed by atoms with Crippen molar-refractivity contribution in [3.05, 3.63) is 48.2 Å². The van der Waals surface area contributed by atoms with Gasteiger partial charge in [0.2, 0.25) is 5.91 Å². The van der Waals surface area contributed by atoms with Crippen molar-refractivity contribution < 1.29 is 9.32 Å². The van der Waals surface area contributed by atoms with Crippen molar-refractivity contribution in [2.24, 2.45) is 17.8 Å². The molecule has 4 rings (SSSR count). The zero-order chi connectivity index (χ0) is 15.1. The molecule has 2 aliphatic carbocycles. The van der Waals surface area contributed by atoms with Crippen molar-refractivity contribution in [1.82, 2.24) is 5.16 Å². The molecule has 4 heteroatoms. The molecule has 0 saturated heterocycles. The van der Waals surface area contributed by atoms with Gasteiger partial charge in [0.25, 0.3) is 0 Å². The lowest BCUT2D eigenvalue weighted by atomic mass is 9.92. The summed E-state index contributed by atoms with van der Waals surface area (Å²) in [6.45, 7) is 1.85.